The number of aliphatic carboxylic acids is 2. The van der Waals surface area contributed by atoms with Gasteiger partial charge in [0.05, 0.1) is 0 Å². The van der Waals surface area contributed by atoms with Gasteiger partial charge in [0, 0.05) is 46.8 Å². The predicted molar refractivity (Wildman–Crippen MR) is 203 cm³/mol. The monoisotopic (exact) mass is 731 g/mol. The Kier molecular flexibility index (Phi) is 36.1. The van der Waals surface area contributed by atoms with Gasteiger partial charge in [0.15, 0.2) is 0 Å². The first-order chi connectivity index (χ1) is 22.2. The summed E-state index contributed by atoms with van der Waals surface area (Å²) in [4.78, 5) is 21.1. The summed E-state index contributed by atoms with van der Waals surface area (Å²) >= 11 is 0. The maximum absolute atomic E-state index is 10.8. The molecule has 288 valence electrons. The summed E-state index contributed by atoms with van der Waals surface area (Å²) in [6.45, 7) is 21.5. The number of aromatic hydroxyl groups is 1. The first-order valence-electron chi connectivity index (χ1n) is 18.8. The van der Waals surface area contributed by atoms with Crippen molar-refractivity contribution < 1.29 is 56.8 Å². The van der Waals surface area contributed by atoms with Crippen LogP contribution in [0.1, 0.15) is 202 Å². The third kappa shape index (κ3) is 39.2. The van der Waals surface area contributed by atoms with Crippen molar-refractivity contribution >= 4 is 11.9 Å². The Morgan fingerprint density at radius 2 is 0.837 bits per heavy atom. The SMILES string of the molecule is CC(C)(C)c1cc(CCC(=O)O)cc(C(C)(C)C)c1O.CC(C)O.CC(C)O.CCCCCCCCCCCCCCCCCC(=O)O.[Ti]. The Morgan fingerprint density at radius 3 is 1.08 bits per heavy atom. The van der Waals surface area contributed by atoms with Crippen LogP contribution in [0, 0.1) is 0 Å². The Balaban J connectivity index is -0.000000333. The molecule has 1 aromatic rings. The summed E-state index contributed by atoms with van der Waals surface area (Å²) in [6, 6.07) is 3.88. The van der Waals surface area contributed by atoms with E-state index in [1.807, 2.05) is 12.1 Å². The average molecular weight is 731 g/mol. The minimum absolute atomic E-state index is 0. The van der Waals surface area contributed by atoms with Crippen LogP contribution in [0.5, 0.6) is 5.75 Å². The van der Waals surface area contributed by atoms with Crippen LogP contribution in [0.3, 0.4) is 0 Å². The summed E-state index contributed by atoms with van der Waals surface area (Å²) in [5.74, 6) is -1.11. The molecule has 0 saturated carbocycles. The van der Waals surface area contributed by atoms with Gasteiger partial charge in [-0.1, -0.05) is 150 Å². The van der Waals surface area contributed by atoms with Crippen molar-refractivity contribution in [3.8, 4) is 5.75 Å². The van der Waals surface area contributed by atoms with Crippen LogP contribution in [0.4, 0.5) is 0 Å². The van der Waals surface area contributed by atoms with Gasteiger partial charge >= 0.3 is 11.9 Å². The topological polar surface area (TPSA) is 135 Å². The zero-order valence-electron chi connectivity index (χ0n) is 33.6. The second-order valence-electron chi connectivity index (χ2n) is 15.7. The van der Waals surface area contributed by atoms with Crippen molar-refractivity contribution in [2.75, 3.05) is 0 Å². The number of carbonyl (C=O) groups is 2. The molecule has 0 radical (unpaired) electrons. The quantitative estimate of drug-likeness (QED) is 0.0706. The molecule has 0 aliphatic carbocycles. The van der Waals surface area contributed by atoms with E-state index in [1.165, 1.54) is 83.5 Å². The first-order valence-corrected chi connectivity index (χ1v) is 18.8. The van der Waals surface area contributed by atoms with Crippen LogP contribution < -0.4 is 0 Å². The number of phenolic OH excluding ortho intramolecular Hbond substituents is 1. The van der Waals surface area contributed by atoms with E-state index < -0.39 is 11.9 Å². The van der Waals surface area contributed by atoms with Crippen LogP contribution in [0.25, 0.3) is 0 Å². The van der Waals surface area contributed by atoms with E-state index in [4.69, 9.17) is 20.4 Å². The van der Waals surface area contributed by atoms with Crippen LogP contribution >= 0.6 is 0 Å². The van der Waals surface area contributed by atoms with Gasteiger partial charge in [0.25, 0.3) is 0 Å². The van der Waals surface area contributed by atoms with Gasteiger partial charge in [-0.25, -0.2) is 0 Å². The zero-order valence-corrected chi connectivity index (χ0v) is 35.2. The molecule has 7 nitrogen and oxygen atoms in total. The fraction of sp³-hybridized carbons (Fsp3) is 0.805. The summed E-state index contributed by atoms with van der Waals surface area (Å²) in [7, 11) is 0. The standard InChI is InChI=1S/C18H36O2.C17H26O3.2C3H8O.Ti/c1-2-3-4-5-6-7-8-9-10-11-12-13-14-15-16-17-18(19)20;1-16(2,3)12-9-11(7-8-14(18)19)10-13(15(12)20)17(4,5)6;2*1-3(2)4;/h2-17H2,1H3,(H,19,20);9-10,20H,7-8H2,1-6H3,(H,18,19);2*3-4H,1-2H3;. The number of hydrogen-bond donors (Lipinski definition) is 5. The third-order valence-corrected chi connectivity index (χ3v) is 7.41. The number of aryl methyl sites for hydroxylation is 1. The van der Waals surface area contributed by atoms with Crippen molar-refractivity contribution in [1.82, 2.24) is 0 Å². The number of aliphatic hydroxyl groups excluding tert-OH is 2. The van der Waals surface area contributed by atoms with E-state index in [2.05, 4.69) is 48.5 Å². The Labute approximate surface area is 317 Å². The number of hydrogen-bond acceptors (Lipinski definition) is 5. The molecule has 5 N–H and O–H groups in total. The molecule has 8 heteroatoms. The first kappa shape index (κ1) is 54.4. The largest absolute Gasteiger partial charge is 0.507 e. The summed E-state index contributed by atoms with van der Waals surface area (Å²) in [5, 5.41) is 44.0. The maximum Gasteiger partial charge on any atom is 0.303 e. The number of aliphatic hydroxyl groups is 2. The Hall–Kier alpha value is -1.41. The van der Waals surface area contributed by atoms with Gasteiger partial charge in [0.1, 0.15) is 5.75 Å². The molecular weight excluding hydrogens is 652 g/mol. The molecule has 0 unspecified atom stereocenters. The summed E-state index contributed by atoms with van der Waals surface area (Å²) < 4.78 is 0. The predicted octanol–water partition coefficient (Wildman–Crippen LogP) is 11.1. The molecule has 0 spiro atoms. The molecule has 1 rings (SSSR count). The van der Waals surface area contributed by atoms with E-state index in [9.17, 15) is 14.7 Å². The number of carboxylic acid groups (broad SMARTS) is 2. The smallest absolute Gasteiger partial charge is 0.303 e. The fourth-order valence-electron chi connectivity index (χ4n) is 4.88. The van der Waals surface area contributed by atoms with Gasteiger partial charge in [-0.3, -0.25) is 9.59 Å². The molecule has 0 amide bonds. The fourth-order valence-corrected chi connectivity index (χ4v) is 4.88. The van der Waals surface area contributed by atoms with E-state index in [1.54, 1.807) is 27.7 Å². The second kappa shape index (κ2) is 32.5. The van der Waals surface area contributed by atoms with Gasteiger partial charge in [0.2, 0.25) is 0 Å². The molecule has 0 heterocycles. The molecule has 0 saturated heterocycles. The number of unbranched alkanes of at least 4 members (excludes halogenated alkanes) is 14. The van der Waals surface area contributed by atoms with Crippen LogP contribution in [0.2, 0.25) is 0 Å². The van der Waals surface area contributed by atoms with E-state index in [0.717, 1.165) is 29.5 Å². The molecule has 0 atom stereocenters. The van der Waals surface area contributed by atoms with E-state index >= 15 is 0 Å². The van der Waals surface area contributed by atoms with Crippen molar-refractivity contribution in [2.24, 2.45) is 0 Å². The molecule has 0 aromatic heterocycles. The van der Waals surface area contributed by atoms with E-state index in [0.29, 0.717) is 18.6 Å². The van der Waals surface area contributed by atoms with Crippen molar-refractivity contribution in [3.63, 3.8) is 0 Å². The van der Waals surface area contributed by atoms with Crippen molar-refractivity contribution in [3.05, 3.63) is 28.8 Å². The molecule has 0 bridgehead atoms. The molecule has 1 aromatic carbocycles. The molecule has 0 aliphatic heterocycles. The van der Waals surface area contributed by atoms with E-state index in [-0.39, 0.29) is 51.2 Å². The van der Waals surface area contributed by atoms with Gasteiger partial charge < -0.3 is 25.5 Å². The molecular formula is C41H78O7Ti. The molecule has 0 aliphatic rings. The Morgan fingerprint density at radius 1 is 0.571 bits per heavy atom. The second-order valence-corrected chi connectivity index (χ2v) is 15.7. The average Bonchev–Trinajstić information content (AvgIpc) is 2.93. The minimum Gasteiger partial charge on any atom is -0.507 e. The minimum atomic E-state index is -0.798. The number of rotatable bonds is 19. The van der Waals surface area contributed by atoms with Crippen LogP contribution in [-0.2, 0) is 48.6 Å². The maximum atomic E-state index is 10.8. The number of benzene rings is 1. The van der Waals surface area contributed by atoms with Crippen LogP contribution in [0.15, 0.2) is 12.1 Å². The normalized spacial score (nSPS) is 11.0. The van der Waals surface area contributed by atoms with Crippen LogP contribution in [-0.4, -0.2) is 49.7 Å². The van der Waals surface area contributed by atoms with Gasteiger partial charge in [-0.2, -0.15) is 0 Å². The van der Waals surface area contributed by atoms with Gasteiger partial charge in [-0.15, -0.1) is 0 Å². The van der Waals surface area contributed by atoms with Crippen molar-refractivity contribution in [2.45, 2.75) is 215 Å². The third-order valence-electron chi connectivity index (χ3n) is 7.41. The summed E-state index contributed by atoms with van der Waals surface area (Å²) in [5.41, 5.74) is 2.38. The number of carboxylic acids is 2. The number of phenols is 1. The Bertz CT molecular complexity index is 884. The van der Waals surface area contributed by atoms with Gasteiger partial charge in [-0.05, 0) is 68.1 Å². The van der Waals surface area contributed by atoms with Crippen molar-refractivity contribution in [1.29, 1.82) is 0 Å². The zero-order chi connectivity index (χ0) is 37.8. The summed E-state index contributed by atoms with van der Waals surface area (Å²) in [6.07, 6.45) is 20.5. The molecule has 0 fully saturated rings. The molecule has 49 heavy (non-hydrogen) atoms.